The van der Waals surface area contributed by atoms with Crippen LogP contribution in [0.2, 0.25) is 0 Å². The molecular formula is C24H32N2O2S. The van der Waals surface area contributed by atoms with Gasteiger partial charge in [0, 0.05) is 42.0 Å². The first kappa shape index (κ1) is 21.7. The number of para-hydroxylation sites is 1. The van der Waals surface area contributed by atoms with Crippen LogP contribution >= 0.6 is 11.8 Å². The van der Waals surface area contributed by atoms with Crippen molar-refractivity contribution in [1.82, 2.24) is 4.90 Å². The molecule has 0 saturated carbocycles. The molecule has 1 heterocycles. The van der Waals surface area contributed by atoms with Gasteiger partial charge < -0.3 is 10.0 Å². The first-order valence-corrected chi connectivity index (χ1v) is 11.1. The van der Waals surface area contributed by atoms with Gasteiger partial charge in [0.05, 0.1) is 12.1 Å². The van der Waals surface area contributed by atoms with E-state index in [1.807, 2.05) is 11.8 Å². The third-order valence-corrected chi connectivity index (χ3v) is 6.55. The Morgan fingerprint density at radius 1 is 1.10 bits per heavy atom. The van der Waals surface area contributed by atoms with Gasteiger partial charge in [-0.05, 0) is 42.2 Å². The van der Waals surface area contributed by atoms with Gasteiger partial charge in [0.25, 0.3) is 0 Å². The number of carboxylic acid groups (broad SMARTS) is 1. The third-order valence-electron chi connectivity index (χ3n) is 5.48. The van der Waals surface area contributed by atoms with Gasteiger partial charge in [0.1, 0.15) is 0 Å². The zero-order chi connectivity index (χ0) is 21.0. The highest BCUT2D eigenvalue weighted by Gasteiger charge is 2.25. The van der Waals surface area contributed by atoms with Gasteiger partial charge in [-0.2, -0.15) is 0 Å². The van der Waals surface area contributed by atoms with Crippen LogP contribution < -0.4 is 4.90 Å². The molecule has 1 N–H and O–H groups in total. The number of nitrogens with zero attached hydrogens (tertiary/aromatic N) is 2. The topological polar surface area (TPSA) is 43.8 Å². The van der Waals surface area contributed by atoms with Crippen LogP contribution in [0.25, 0.3) is 0 Å². The summed E-state index contributed by atoms with van der Waals surface area (Å²) in [4.78, 5) is 18.1. The minimum atomic E-state index is -0.723. The van der Waals surface area contributed by atoms with Crippen molar-refractivity contribution in [1.29, 1.82) is 0 Å². The summed E-state index contributed by atoms with van der Waals surface area (Å²) in [5.41, 5.74) is 2.78. The number of rotatable bonds is 6. The number of hydrogen-bond acceptors (Lipinski definition) is 4. The Labute approximate surface area is 178 Å². The van der Waals surface area contributed by atoms with Crippen molar-refractivity contribution in [3.8, 4) is 0 Å². The van der Waals surface area contributed by atoms with Gasteiger partial charge in [0.15, 0.2) is 0 Å². The normalized spacial score (nSPS) is 18.1. The quantitative estimate of drug-likeness (QED) is 0.713. The van der Waals surface area contributed by atoms with E-state index in [9.17, 15) is 4.79 Å². The van der Waals surface area contributed by atoms with Crippen molar-refractivity contribution < 1.29 is 9.90 Å². The van der Waals surface area contributed by atoms with Crippen LogP contribution in [0.15, 0.2) is 58.3 Å². The number of aliphatic carboxylic acids is 1. The molecule has 0 amide bonds. The fourth-order valence-electron chi connectivity index (χ4n) is 3.78. The smallest absolute Gasteiger partial charge is 0.304 e. The van der Waals surface area contributed by atoms with Gasteiger partial charge in [0.2, 0.25) is 0 Å². The molecule has 1 aliphatic rings. The number of carbonyl (C=O) groups is 1. The molecule has 0 aromatic heterocycles. The minimum absolute atomic E-state index is 0.164. The van der Waals surface area contributed by atoms with E-state index < -0.39 is 5.97 Å². The molecule has 3 rings (SSSR count). The van der Waals surface area contributed by atoms with Crippen LogP contribution in [0.3, 0.4) is 0 Å². The summed E-state index contributed by atoms with van der Waals surface area (Å²) in [7, 11) is 0. The van der Waals surface area contributed by atoms with Crippen LogP contribution in [0.4, 0.5) is 5.69 Å². The Morgan fingerprint density at radius 3 is 2.41 bits per heavy atom. The van der Waals surface area contributed by atoms with Crippen LogP contribution in [0, 0.1) is 0 Å². The van der Waals surface area contributed by atoms with Crippen LogP contribution in [-0.2, 0) is 10.2 Å². The van der Waals surface area contributed by atoms with E-state index in [-0.39, 0.29) is 11.8 Å². The zero-order valence-electron chi connectivity index (χ0n) is 17.9. The van der Waals surface area contributed by atoms with Crippen molar-refractivity contribution in [3.05, 3.63) is 54.1 Å². The van der Waals surface area contributed by atoms with Crippen LogP contribution in [-0.4, -0.2) is 48.2 Å². The second kappa shape index (κ2) is 9.23. The van der Waals surface area contributed by atoms with Crippen molar-refractivity contribution in [2.45, 2.75) is 55.4 Å². The molecule has 1 saturated heterocycles. The number of carboxylic acids is 1. The van der Waals surface area contributed by atoms with E-state index in [0.29, 0.717) is 12.6 Å². The van der Waals surface area contributed by atoms with Gasteiger partial charge in [-0.1, -0.05) is 56.8 Å². The average Bonchev–Trinajstić information content (AvgIpc) is 2.67. The summed E-state index contributed by atoms with van der Waals surface area (Å²) in [5.74, 6) is -0.723. The number of hydrogen-bond donors (Lipinski definition) is 1. The molecule has 1 fully saturated rings. The second-order valence-corrected chi connectivity index (χ2v) is 9.95. The maximum Gasteiger partial charge on any atom is 0.304 e. The molecule has 2 aromatic carbocycles. The molecule has 4 nitrogen and oxygen atoms in total. The molecule has 1 aliphatic heterocycles. The highest BCUT2D eigenvalue weighted by Crippen LogP contribution is 2.37. The Hall–Kier alpha value is -1.98. The lowest BCUT2D eigenvalue weighted by molar-refractivity contribution is -0.137. The minimum Gasteiger partial charge on any atom is -0.481 e. The molecule has 5 heteroatoms. The number of anilines is 1. The fraction of sp³-hybridized carbons (Fsp3) is 0.458. The van der Waals surface area contributed by atoms with Crippen LogP contribution in [0.1, 0.15) is 39.7 Å². The number of benzene rings is 2. The molecule has 29 heavy (non-hydrogen) atoms. The monoisotopic (exact) mass is 412 g/mol. The van der Waals surface area contributed by atoms with E-state index in [1.54, 1.807) is 0 Å². The van der Waals surface area contributed by atoms with E-state index in [2.05, 4.69) is 86.0 Å². The summed E-state index contributed by atoms with van der Waals surface area (Å²) in [5, 5.41) is 8.94. The van der Waals surface area contributed by atoms with Crippen molar-refractivity contribution >= 4 is 23.4 Å². The molecular weight excluding hydrogens is 380 g/mol. The molecule has 0 spiro atoms. The van der Waals surface area contributed by atoms with E-state index >= 15 is 0 Å². The Balaban J connectivity index is 1.72. The summed E-state index contributed by atoms with van der Waals surface area (Å²) >= 11 is 1.81. The van der Waals surface area contributed by atoms with Crippen molar-refractivity contribution in [3.63, 3.8) is 0 Å². The number of piperazine rings is 1. The molecule has 0 radical (unpaired) electrons. The molecule has 0 aliphatic carbocycles. The van der Waals surface area contributed by atoms with Crippen LogP contribution in [0.5, 0.6) is 0 Å². The molecule has 1 atom stereocenters. The summed E-state index contributed by atoms with van der Waals surface area (Å²) in [6, 6.07) is 17.8. The molecule has 2 aromatic rings. The first-order valence-electron chi connectivity index (χ1n) is 10.3. The lowest BCUT2D eigenvalue weighted by Gasteiger charge is -2.41. The van der Waals surface area contributed by atoms with E-state index in [1.165, 1.54) is 21.0 Å². The molecule has 156 valence electrons. The standard InChI is InChI=1S/C24H32N2O2S/c1-18-17-25(14-13-23(27)28)15-16-26(18)21-7-5-6-8-22(21)29-20-11-9-19(10-12-20)24(2,3)4/h5-12,18H,13-17H2,1-4H3,(H,27,28). The van der Waals surface area contributed by atoms with Gasteiger partial charge in [-0.15, -0.1) is 0 Å². The summed E-state index contributed by atoms with van der Waals surface area (Å²) < 4.78 is 0. The largest absolute Gasteiger partial charge is 0.481 e. The maximum atomic E-state index is 10.9. The molecule has 0 bridgehead atoms. The predicted octanol–water partition coefficient (Wildman–Crippen LogP) is 5.12. The van der Waals surface area contributed by atoms with E-state index in [0.717, 1.165) is 19.6 Å². The SMILES string of the molecule is CC1CN(CCC(=O)O)CCN1c1ccccc1Sc1ccc(C(C)(C)C)cc1. The average molecular weight is 413 g/mol. The van der Waals surface area contributed by atoms with Gasteiger partial charge >= 0.3 is 5.97 Å². The highest BCUT2D eigenvalue weighted by atomic mass is 32.2. The summed E-state index contributed by atoms with van der Waals surface area (Å²) in [6.07, 6.45) is 0.212. The van der Waals surface area contributed by atoms with Crippen molar-refractivity contribution in [2.24, 2.45) is 0 Å². The Bertz CT molecular complexity index is 830. The van der Waals surface area contributed by atoms with Crippen molar-refractivity contribution in [2.75, 3.05) is 31.1 Å². The second-order valence-electron chi connectivity index (χ2n) is 8.83. The maximum absolute atomic E-state index is 10.9. The van der Waals surface area contributed by atoms with E-state index in [4.69, 9.17) is 5.11 Å². The highest BCUT2D eigenvalue weighted by molar-refractivity contribution is 7.99. The lowest BCUT2D eigenvalue weighted by atomic mass is 9.87. The first-order chi connectivity index (χ1) is 13.7. The third kappa shape index (κ3) is 5.77. The van der Waals surface area contributed by atoms with Gasteiger partial charge in [-0.25, -0.2) is 0 Å². The predicted molar refractivity (Wildman–Crippen MR) is 121 cm³/mol. The Kier molecular flexibility index (Phi) is 6.91. The summed E-state index contributed by atoms with van der Waals surface area (Å²) in [6.45, 7) is 12.3. The lowest BCUT2D eigenvalue weighted by Crippen LogP contribution is -2.52. The van der Waals surface area contributed by atoms with Gasteiger partial charge in [-0.3, -0.25) is 9.69 Å². The molecule has 1 unspecified atom stereocenters. The fourth-order valence-corrected chi connectivity index (χ4v) is 4.74. The Morgan fingerprint density at radius 2 is 1.79 bits per heavy atom. The zero-order valence-corrected chi connectivity index (χ0v) is 18.7.